The van der Waals surface area contributed by atoms with Crippen LogP contribution in [0.3, 0.4) is 0 Å². The number of aromatic nitrogens is 2. The molecule has 0 aliphatic carbocycles. The average Bonchev–Trinajstić information content (AvgIpc) is 2.91. The largest absolute Gasteiger partial charge is 0.493 e. The number of para-hydroxylation sites is 1. The first-order chi connectivity index (χ1) is 17.2. The van der Waals surface area contributed by atoms with Gasteiger partial charge in [0, 0.05) is 36.6 Å². The van der Waals surface area contributed by atoms with Crippen LogP contribution in [0.15, 0.2) is 72.8 Å². The molecule has 2 heterocycles. The van der Waals surface area contributed by atoms with E-state index in [1.807, 2.05) is 43.3 Å². The van der Waals surface area contributed by atoms with Crippen molar-refractivity contribution in [3.8, 4) is 22.9 Å². The number of fused-ring (bicyclic) bond motifs is 1. The van der Waals surface area contributed by atoms with E-state index in [9.17, 15) is 0 Å². The molecule has 4 aromatic rings. The molecular formula is C29H32N4O2. The molecule has 1 aliphatic rings. The van der Waals surface area contributed by atoms with Gasteiger partial charge in [0.05, 0.1) is 19.2 Å². The summed E-state index contributed by atoms with van der Waals surface area (Å²) in [4.78, 5) is 12.2. The molecule has 0 spiro atoms. The highest BCUT2D eigenvalue weighted by molar-refractivity contribution is 5.90. The first kappa shape index (κ1) is 23.1. The molecule has 0 amide bonds. The van der Waals surface area contributed by atoms with Crippen LogP contribution < -0.4 is 14.8 Å². The molecule has 1 aliphatic heterocycles. The van der Waals surface area contributed by atoms with E-state index in [0.717, 1.165) is 72.1 Å². The van der Waals surface area contributed by atoms with Crippen LogP contribution in [0.5, 0.6) is 11.5 Å². The van der Waals surface area contributed by atoms with Crippen LogP contribution >= 0.6 is 0 Å². The number of likely N-dealkylation sites (tertiary alicyclic amines) is 1. The van der Waals surface area contributed by atoms with Crippen molar-refractivity contribution in [1.82, 2.24) is 14.9 Å². The fraction of sp³-hybridized carbons (Fsp3) is 0.310. The van der Waals surface area contributed by atoms with Crippen molar-refractivity contribution in [3.05, 3.63) is 78.4 Å². The molecule has 5 rings (SSSR count). The maximum Gasteiger partial charge on any atom is 0.162 e. The average molecular weight is 469 g/mol. The van der Waals surface area contributed by atoms with Gasteiger partial charge in [-0.25, -0.2) is 9.97 Å². The van der Waals surface area contributed by atoms with Gasteiger partial charge in [0.15, 0.2) is 17.3 Å². The summed E-state index contributed by atoms with van der Waals surface area (Å²) < 4.78 is 11.2. The van der Waals surface area contributed by atoms with Gasteiger partial charge in [-0.05, 0) is 49.6 Å². The fourth-order valence-corrected chi connectivity index (χ4v) is 4.68. The smallest absolute Gasteiger partial charge is 0.162 e. The van der Waals surface area contributed by atoms with Crippen LogP contribution in [0.4, 0.5) is 5.82 Å². The molecular weight excluding hydrogens is 436 g/mol. The van der Waals surface area contributed by atoms with Crippen molar-refractivity contribution in [2.45, 2.75) is 32.4 Å². The zero-order chi connectivity index (χ0) is 24.0. The molecule has 1 fully saturated rings. The molecule has 0 unspecified atom stereocenters. The summed E-state index contributed by atoms with van der Waals surface area (Å²) in [6, 6.07) is 25.0. The third-order valence-corrected chi connectivity index (χ3v) is 6.50. The number of rotatable bonds is 8. The molecule has 1 N–H and O–H groups in total. The second-order valence-corrected chi connectivity index (χ2v) is 8.89. The topological polar surface area (TPSA) is 59.5 Å². The van der Waals surface area contributed by atoms with Gasteiger partial charge in [0.25, 0.3) is 0 Å². The summed E-state index contributed by atoms with van der Waals surface area (Å²) in [7, 11) is 1.68. The minimum absolute atomic E-state index is 0.378. The summed E-state index contributed by atoms with van der Waals surface area (Å²) in [6.07, 6.45) is 2.13. The highest BCUT2D eigenvalue weighted by Crippen LogP contribution is 2.30. The van der Waals surface area contributed by atoms with Gasteiger partial charge in [-0.1, -0.05) is 48.5 Å². The number of hydrogen-bond acceptors (Lipinski definition) is 6. The van der Waals surface area contributed by atoms with Gasteiger partial charge in [-0.15, -0.1) is 0 Å². The van der Waals surface area contributed by atoms with Crippen LogP contribution in [-0.2, 0) is 6.54 Å². The standard InChI is InChI=1S/C29H32N4O2/c1-3-35-27-19-21(13-14-26(27)34-2)20-33-17-15-23(16-18-33)30-29-24-11-7-8-12-25(24)31-28(32-29)22-9-5-4-6-10-22/h4-14,19,23H,3,15-18,20H2,1-2H3,(H,30,31,32). The van der Waals surface area contributed by atoms with Crippen LogP contribution in [0.1, 0.15) is 25.3 Å². The Labute approximate surface area is 206 Å². The second-order valence-electron chi connectivity index (χ2n) is 8.89. The van der Waals surface area contributed by atoms with Gasteiger partial charge in [-0.3, -0.25) is 4.90 Å². The molecule has 6 nitrogen and oxygen atoms in total. The van der Waals surface area contributed by atoms with Crippen LogP contribution in [0, 0.1) is 0 Å². The minimum Gasteiger partial charge on any atom is -0.493 e. The molecule has 0 radical (unpaired) electrons. The maximum absolute atomic E-state index is 5.75. The molecule has 1 aromatic heterocycles. The van der Waals surface area contributed by atoms with Gasteiger partial charge in [0.2, 0.25) is 0 Å². The van der Waals surface area contributed by atoms with Gasteiger partial charge in [0.1, 0.15) is 5.82 Å². The molecule has 180 valence electrons. The first-order valence-electron chi connectivity index (χ1n) is 12.3. The highest BCUT2D eigenvalue weighted by atomic mass is 16.5. The first-order valence-corrected chi connectivity index (χ1v) is 12.3. The number of benzene rings is 3. The van der Waals surface area contributed by atoms with Gasteiger partial charge >= 0.3 is 0 Å². The predicted molar refractivity (Wildman–Crippen MR) is 141 cm³/mol. The van der Waals surface area contributed by atoms with E-state index in [-0.39, 0.29) is 0 Å². The van der Waals surface area contributed by atoms with Crippen LogP contribution in [0.25, 0.3) is 22.3 Å². The lowest BCUT2D eigenvalue weighted by Gasteiger charge is -2.33. The van der Waals surface area contributed by atoms with E-state index in [4.69, 9.17) is 19.4 Å². The maximum atomic E-state index is 5.75. The summed E-state index contributed by atoms with van der Waals surface area (Å²) in [5.41, 5.74) is 3.24. The Morgan fingerprint density at radius 2 is 1.69 bits per heavy atom. The van der Waals surface area contributed by atoms with E-state index < -0.39 is 0 Å². The van der Waals surface area contributed by atoms with Crippen molar-refractivity contribution in [2.75, 3.05) is 32.1 Å². The summed E-state index contributed by atoms with van der Waals surface area (Å²) >= 11 is 0. The third kappa shape index (κ3) is 5.38. The van der Waals surface area contributed by atoms with Crippen molar-refractivity contribution >= 4 is 16.7 Å². The lowest BCUT2D eigenvalue weighted by Crippen LogP contribution is -2.38. The van der Waals surface area contributed by atoms with E-state index in [2.05, 4.69) is 46.6 Å². The number of piperidine rings is 1. The van der Waals surface area contributed by atoms with Gasteiger partial charge < -0.3 is 14.8 Å². The molecule has 6 heteroatoms. The Morgan fingerprint density at radius 3 is 2.46 bits per heavy atom. The van der Waals surface area contributed by atoms with Crippen molar-refractivity contribution < 1.29 is 9.47 Å². The quantitative estimate of drug-likeness (QED) is 0.354. The fourth-order valence-electron chi connectivity index (χ4n) is 4.68. The number of nitrogens with one attached hydrogen (secondary N) is 1. The van der Waals surface area contributed by atoms with Crippen molar-refractivity contribution in [2.24, 2.45) is 0 Å². The van der Waals surface area contributed by atoms with E-state index in [1.165, 1.54) is 5.56 Å². The van der Waals surface area contributed by atoms with Crippen molar-refractivity contribution in [3.63, 3.8) is 0 Å². The van der Waals surface area contributed by atoms with Crippen LogP contribution in [-0.4, -0.2) is 47.7 Å². The van der Waals surface area contributed by atoms with Gasteiger partial charge in [-0.2, -0.15) is 0 Å². The van der Waals surface area contributed by atoms with E-state index in [0.29, 0.717) is 12.6 Å². The monoisotopic (exact) mass is 468 g/mol. The predicted octanol–water partition coefficient (Wildman–Crippen LogP) is 5.78. The summed E-state index contributed by atoms with van der Waals surface area (Å²) in [5, 5.41) is 4.81. The molecule has 0 bridgehead atoms. The van der Waals surface area contributed by atoms with E-state index >= 15 is 0 Å². The summed E-state index contributed by atoms with van der Waals surface area (Å²) in [6.45, 7) is 5.59. The third-order valence-electron chi connectivity index (χ3n) is 6.50. The Bertz CT molecular complexity index is 1270. The van der Waals surface area contributed by atoms with Crippen LogP contribution in [0.2, 0.25) is 0 Å². The molecule has 0 atom stereocenters. The Hall–Kier alpha value is -3.64. The number of nitrogens with zero attached hydrogens (tertiary/aromatic N) is 3. The number of anilines is 1. The molecule has 35 heavy (non-hydrogen) atoms. The number of methoxy groups -OCH3 is 1. The van der Waals surface area contributed by atoms with E-state index in [1.54, 1.807) is 7.11 Å². The molecule has 1 saturated heterocycles. The Kier molecular flexibility index (Phi) is 7.09. The SMILES string of the molecule is CCOc1cc(CN2CCC(Nc3nc(-c4ccccc4)nc4ccccc34)CC2)ccc1OC. The lowest BCUT2D eigenvalue weighted by atomic mass is 10.0. The number of ether oxygens (including phenoxy) is 2. The number of hydrogen-bond donors (Lipinski definition) is 1. The molecule has 3 aromatic carbocycles. The Morgan fingerprint density at radius 1 is 0.914 bits per heavy atom. The zero-order valence-electron chi connectivity index (χ0n) is 20.4. The lowest BCUT2D eigenvalue weighted by molar-refractivity contribution is 0.210. The normalized spacial score (nSPS) is 14.7. The summed E-state index contributed by atoms with van der Waals surface area (Å²) in [5.74, 6) is 3.28. The second kappa shape index (κ2) is 10.7. The Balaban J connectivity index is 1.27. The minimum atomic E-state index is 0.378. The van der Waals surface area contributed by atoms with Crippen molar-refractivity contribution in [1.29, 1.82) is 0 Å². The zero-order valence-corrected chi connectivity index (χ0v) is 20.4. The highest BCUT2D eigenvalue weighted by Gasteiger charge is 2.21. The molecule has 0 saturated carbocycles.